The van der Waals surface area contributed by atoms with Gasteiger partial charge in [-0.25, -0.2) is 4.21 Å². The second kappa shape index (κ2) is 6.93. The molecular formula is C17H22BrNO3S. The average Bonchev–Trinajstić information content (AvgIpc) is 2.49. The van der Waals surface area contributed by atoms with Crippen molar-refractivity contribution in [3.05, 3.63) is 28.2 Å². The third-order valence-electron chi connectivity index (χ3n) is 4.14. The minimum atomic E-state index is -1.26. The third kappa shape index (κ3) is 3.79. The fraction of sp³-hybridized carbons (Fsp3) is 0.588. The molecule has 1 aromatic carbocycles. The summed E-state index contributed by atoms with van der Waals surface area (Å²) in [5, 5.41) is 0. The Labute approximate surface area is 148 Å². The van der Waals surface area contributed by atoms with E-state index in [0.717, 1.165) is 35.9 Å². The number of halogens is 1. The summed E-state index contributed by atoms with van der Waals surface area (Å²) in [7, 11) is -1.26. The molecule has 0 aliphatic carbocycles. The average molecular weight is 400 g/mol. The fourth-order valence-corrected chi connectivity index (χ4v) is 4.51. The van der Waals surface area contributed by atoms with Crippen LogP contribution in [0.5, 0.6) is 5.75 Å². The van der Waals surface area contributed by atoms with Gasteiger partial charge in [-0.2, -0.15) is 4.40 Å². The van der Waals surface area contributed by atoms with Crippen molar-refractivity contribution < 1.29 is 13.7 Å². The molecule has 1 fully saturated rings. The van der Waals surface area contributed by atoms with Crippen molar-refractivity contribution in [1.29, 1.82) is 0 Å². The first-order valence-electron chi connectivity index (χ1n) is 8.06. The summed E-state index contributed by atoms with van der Waals surface area (Å²) in [4.78, 5) is 0. The van der Waals surface area contributed by atoms with Crippen molar-refractivity contribution >= 4 is 32.8 Å². The lowest BCUT2D eigenvalue weighted by molar-refractivity contribution is 0.0443. The molecule has 0 saturated carbocycles. The number of benzene rings is 1. The number of ether oxygens (including phenoxy) is 2. The molecule has 3 rings (SSSR count). The molecule has 126 valence electrons. The SMILES string of the molecule is CC(C)C[S@@](=O)N=C1OCCCC12CCc1cc(Br)ccc1O2. The van der Waals surface area contributed by atoms with Crippen LogP contribution < -0.4 is 4.74 Å². The Morgan fingerprint density at radius 3 is 3.00 bits per heavy atom. The summed E-state index contributed by atoms with van der Waals surface area (Å²) in [6.45, 7) is 4.71. The predicted octanol–water partition coefficient (Wildman–Crippen LogP) is 4.04. The highest BCUT2D eigenvalue weighted by Crippen LogP contribution is 2.40. The van der Waals surface area contributed by atoms with E-state index in [0.29, 0.717) is 24.2 Å². The topological polar surface area (TPSA) is 47.9 Å². The monoisotopic (exact) mass is 399 g/mol. The zero-order chi connectivity index (χ0) is 16.4. The Hall–Kier alpha value is -0.880. The lowest BCUT2D eigenvalue weighted by Gasteiger charge is -2.41. The highest BCUT2D eigenvalue weighted by Gasteiger charge is 2.45. The van der Waals surface area contributed by atoms with Crippen molar-refractivity contribution in [2.45, 2.75) is 45.1 Å². The van der Waals surface area contributed by atoms with Gasteiger partial charge in [-0.15, -0.1) is 0 Å². The molecule has 0 N–H and O–H groups in total. The van der Waals surface area contributed by atoms with Gasteiger partial charge >= 0.3 is 0 Å². The number of nitrogens with zero attached hydrogens (tertiary/aromatic N) is 1. The van der Waals surface area contributed by atoms with Gasteiger partial charge in [0.25, 0.3) is 0 Å². The molecule has 2 heterocycles. The zero-order valence-electron chi connectivity index (χ0n) is 13.5. The molecule has 1 saturated heterocycles. The number of hydrogen-bond donors (Lipinski definition) is 0. The first kappa shape index (κ1) is 17.0. The summed E-state index contributed by atoms with van der Waals surface area (Å²) in [5.41, 5.74) is 0.643. The van der Waals surface area contributed by atoms with Crippen LogP contribution >= 0.6 is 15.9 Å². The maximum Gasteiger partial charge on any atom is 0.242 e. The largest absolute Gasteiger partial charge is 0.477 e. The van der Waals surface area contributed by atoms with Gasteiger partial charge in [0.1, 0.15) is 16.7 Å². The molecule has 4 nitrogen and oxygen atoms in total. The van der Waals surface area contributed by atoms with Crippen molar-refractivity contribution in [2.24, 2.45) is 10.3 Å². The summed E-state index contributed by atoms with van der Waals surface area (Å²) in [6.07, 6.45) is 3.52. The zero-order valence-corrected chi connectivity index (χ0v) is 15.9. The van der Waals surface area contributed by atoms with Crippen LogP contribution in [0, 0.1) is 5.92 Å². The van der Waals surface area contributed by atoms with E-state index in [1.165, 1.54) is 5.56 Å². The fourth-order valence-electron chi connectivity index (χ4n) is 3.06. The van der Waals surface area contributed by atoms with E-state index in [4.69, 9.17) is 9.47 Å². The lowest BCUT2D eigenvalue weighted by atomic mass is 9.85. The molecule has 1 unspecified atom stereocenters. The molecule has 1 aromatic rings. The van der Waals surface area contributed by atoms with Gasteiger partial charge in [0, 0.05) is 16.6 Å². The lowest BCUT2D eigenvalue weighted by Crippen LogP contribution is -2.51. The first-order valence-corrected chi connectivity index (χ1v) is 10.1. The summed E-state index contributed by atoms with van der Waals surface area (Å²) >= 11 is 3.50. The van der Waals surface area contributed by atoms with E-state index >= 15 is 0 Å². The summed E-state index contributed by atoms with van der Waals surface area (Å²) in [5.74, 6) is 2.29. The molecule has 1 spiro atoms. The van der Waals surface area contributed by atoms with Gasteiger partial charge in [-0.1, -0.05) is 29.8 Å². The maximum atomic E-state index is 12.2. The van der Waals surface area contributed by atoms with Gasteiger partial charge in [0.2, 0.25) is 5.90 Å². The molecule has 6 heteroatoms. The van der Waals surface area contributed by atoms with Crippen LogP contribution in [0.3, 0.4) is 0 Å². The quantitative estimate of drug-likeness (QED) is 0.770. The van der Waals surface area contributed by atoms with E-state index < -0.39 is 16.6 Å². The minimum absolute atomic E-state index is 0.338. The van der Waals surface area contributed by atoms with Gasteiger partial charge < -0.3 is 9.47 Å². The van der Waals surface area contributed by atoms with Crippen LogP contribution in [0.1, 0.15) is 38.7 Å². The predicted molar refractivity (Wildman–Crippen MR) is 96.3 cm³/mol. The van der Waals surface area contributed by atoms with E-state index in [2.05, 4.69) is 26.4 Å². The van der Waals surface area contributed by atoms with Crippen LogP contribution in [0.15, 0.2) is 27.1 Å². The van der Waals surface area contributed by atoms with Gasteiger partial charge in [-0.05, 0) is 48.9 Å². The number of rotatable bonds is 3. The van der Waals surface area contributed by atoms with E-state index in [9.17, 15) is 4.21 Å². The number of hydrogen-bond acceptors (Lipinski definition) is 3. The molecule has 0 radical (unpaired) electrons. The molecule has 2 aliphatic heterocycles. The first-order chi connectivity index (χ1) is 11.0. The minimum Gasteiger partial charge on any atom is -0.477 e. The van der Waals surface area contributed by atoms with Crippen LogP contribution in [-0.2, 0) is 22.1 Å². The third-order valence-corrected chi connectivity index (χ3v) is 5.95. The van der Waals surface area contributed by atoms with E-state index in [1.807, 2.05) is 26.0 Å². The standard InChI is InChI=1S/C17H22BrNO3S/c1-12(2)11-23(20)19-16-17(7-3-9-21-16)8-6-13-10-14(18)4-5-15(13)22-17/h4-5,10,12H,3,6-9,11H2,1-2H3/t17?,23-/m1/s1. The van der Waals surface area contributed by atoms with Crippen molar-refractivity contribution in [3.63, 3.8) is 0 Å². The Bertz CT molecular complexity index is 647. The Morgan fingerprint density at radius 2 is 2.22 bits per heavy atom. The highest BCUT2D eigenvalue weighted by atomic mass is 79.9. The normalized spacial score (nSPS) is 26.7. The summed E-state index contributed by atoms with van der Waals surface area (Å²) in [6, 6.07) is 6.06. The second-order valence-corrected chi connectivity index (χ2v) is 8.65. The Kier molecular flexibility index (Phi) is 5.11. The molecule has 23 heavy (non-hydrogen) atoms. The van der Waals surface area contributed by atoms with Gasteiger partial charge in [0.05, 0.1) is 6.61 Å². The molecule has 0 bridgehead atoms. The van der Waals surface area contributed by atoms with Gasteiger partial charge in [0.15, 0.2) is 5.60 Å². The smallest absolute Gasteiger partial charge is 0.242 e. The summed E-state index contributed by atoms with van der Waals surface area (Å²) < 4.78 is 29.8. The Morgan fingerprint density at radius 1 is 1.39 bits per heavy atom. The molecular weight excluding hydrogens is 378 g/mol. The highest BCUT2D eigenvalue weighted by molar-refractivity contribution is 9.10. The second-order valence-electron chi connectivity index (χ2n) is 6.58. The van der Waals surface area contributed by atoms with Crippen LogP contribution in [0.2, 0.25) is 0 Å². The van der Waals surface area contributed by atoms with E-state index in [-0.39, 0.29) is 0 Å². The molecule has 0 aromatic heterocycles. The van der Waals surface area contributed by atoms with E-state index in [1.54, 1.807) is 0 Å². The van der Waals surface area contributed by atoms with Crippen LogP contribution in [0.4, 0.5) is 0 Å². The Balaban J connectivity index is 1.88. The number of fused-ring (bicyclic) bond motifs is 1. The van der Waals surface area contributed by atoms with Crippen LogP contribution in [0.25, 0.3) is 0 Å². The number of aryl methyl sites for hydroxylation is 1. The maximum absolute atomic E-state index is 12.2. The van der Waals surface area contributed by atoms with Crippen molar-refractivity contribution in [2.75, 3.05) is 12.4 Å². The molecule has 0 amide bonds. The van der Waals surface area contributed by atoms with Gasteiger partial charge in [-0.3, -0.25) is 0 Å². The van der Waals surface area contributed by atoms with Crippen molar-refractivity contribution in [3.8, 4) is 5.75 Å². The van der Waals surface area contributed by atoms with Crippen LogP contribution in [-0.4, -0.2) is 28.1 Å². The van der Waals surface area contributed by atoms with Crippen molar-refractivity contribution in [1.82, 2.24) is 0 Å². The molecule has 2 atom stereocenters. The molecule has 2 aliphatic rings.